The van der Waals surface area contributed by atoms with Crippen LogP contribution in [-0.2, 0) is 0 Å². The molecule has 25 heavy (non-hydrogen) atoms. The quantitative estimate of drug-likeness (QED) is 0.660. The van der Waals surface area contributed by atoms with E-state index < -0.39 is 0 Å². The fourth-order valence-corrected chi connectivity index (χ4v) is 5.24. The van der Waals surface area contributed by atoms with Crippen molar-refractivity contribution in [3.05, 3.63) is 70.4 Å². The highest BCUT2D eigenvalue weighted by atomic mass is 32.2. The Morgan fingerprint density at radius 3 is 2.60 bits per heavy atom. The molecule has 0 radical (unpaired) electrons. The van der Waals surface area contributed by atoms with E-state index in [1.165, 1.54) is 0 Å². The Hall–Kier alpha value is -2.24. The average Bonchev–Trinajstić information content (AvgIpc) is 2.67. The molecule has 0 bridgehead atoms. The highest BCUT2D eigenvalue weighted by Gasteiger charge is 2.20. The Morgan fingerprint density at radius 2 is 1.80 bits per heavy atom. The first-order chi connectivity index (χ1) is 12.3. The van der Waals surface area contributed by atoms with Crippen molar-refractivity contribution in [2.75, 3.05) is 19.5 Å². The summed E-state index contributed by atoms with van der Waals surface area (Å²) in [7, 11) is 1.64. The van der Waals surface area contributed by atoms with Gasteiger partial charge < -0.3 is 9.47 Å². The van der Waals surface area contributed by atoms with Crippen molar-refractivity contribution in [1.82, 2.24) is 0 Å². The third kappa shape index (κ3) is 3.17. The maximum Gasteiger partial charge on any atom is 0.196 e. The molecule has 0 fully saturated rings. The highest BCUT2D eigenvalue weighted by molar-refractivity contribution is 8.01. The SMILES string of the molecule is COc1ccc(OCC2=CCSc3sc4ccccc4c(=O)c32)cc1. The molecule has 0 saturated heterocycles. The monoisotopic (exact) mass is 368 g/mol. The lowest BCUT2D eigenvalue weighted by molar-refractivity contribution is 0.367. The number of ether oxygens (including phenoxy) is 2. The van der Waals surface area contributed by atoms with Gasteiger partial charge in [0.25, 0.3) is 0 Å². The molecule has 0 saturated carbocycles. The number of methoxy groups -OCH3 is 1. The molecule has 1 aliphatic heterocycles. The van der Waals surface area contributed by atoms with E-state index in [0.29, 0.717) is 6.61 Å². The van der Waals surface area contributed by atoms with Crippen LogP contribution in [-0.4, -0.2) is 19.5 Å². The molecule has 3 aromatic rings. The maximum atomic E-state index is 13.0. The van der Waals surface area contributed by atoms with Crippen LogP contribution in [0.1, 0.15) is 5.56 Å². The summed E-state index contributed by atoms with van der Waals surface area (Å²) >= 11 is 3.40. The van der Waals surface area contributed by atoms with Crippen LogP contribution in [0.4, 0.5) is 0 Å². The van der Waals surface area contributed by atoms with Crippen molar-refractivity contribution in [2.24, 2.45) is 0 Å². The maximum absolute atomic E-state index is 13.0. The summed E-state index contributed by atoms with van der Waals surface area (Å²) in [5.41, 5.74) is 1.87. The fraction of sp³-hybridized carbons (Fsp3) is 0.150. The van der Waals surface area contributed by atoms with Crippen LogP contribution in [0.2, 0.25) is 0 Å². The summed E-state index contributed by atoms with van der Waals surface area (Å²) < 4.78 is 13.2. The van der Waals surface area contributed by atoms with Crippen molar-refractivity contribution in [3.8, 4) is 11.5 Å². The molecule has 4 rings (SSSR count). The second-order valence-electron chi connectivity index (χ2n) is 5.59. The van der Waals surface area contributed by atoms with E-state index in [9.17, 15) is 4.79 Å². The Balaban J connectivity index is 1.65. The topological polar surface area (TPSA) is 35.5 Å². The van der Waals surface area contributed by atoms with Gasteiger partial charge in [-0.25, -0.2) is 0 Å². The molecule has 0 spiro atoms. The summed E-state index contributed by atoms with van der Waals surface area (Å²) in [5, 5.41) is 0.782. The van der Waals surface area contributed by atoms with Gasteiger partial charge in [-0.05, 0) is 42.0 Å². The molecule has 5 heteroatoms. The Morgan fingerprint density at radius 1 is 1.04 bits per heavy atom. The van der Waals surface area contributed by atoms with Gasteiger partial charge in [-0.2, -0.15) is 0 Å². The van der Waals surface area contributed by atoms with Gasteiger partial charge in [0.15, 0.2) is 5.43 Å². The highest BCUT2D eigenvalue weighted by Crippen LogP contribution is 2.37. The van der Waals surface area contributed by atoms with E-state index >= 15 is 0 Å². The van der Waals surface area contributed by atoms with E-state index in [0.717, 1.165) is 42.7 Å². The Labute approximate surface area is 153 Å². The third-order valence-electron chi connectivity index (χ3n) is 4.08. The third-order valence-corrected chi connectivity index (χ3v) is 6.45. The van der Waals surface area contributed by atoms with Gasteiger partial charge in [-0.3, -0.25) is 4.79 Å². The number of rotatable bonds is 4. The lowest BCUT2D eigenvalue weighted by Crippen LogP contribution is -2.15. The van der Waals surface area contributed by atoms with Gasteiger partial charge in [-0.15, -0.1) is 23.1 Å². The molecule has 2 heterocycles. The molecule has 1 aliphatic rings. The summed E-state index contributed by atoms with van der Waals surface area (Å²) in [6.07, 6.45) is 2.10. The molecule has 2 aromatic carbocycles. The van der Waals surface area contributed by atoms with Crippen LogP contribution in [0, 0.1) is 0 Å². The molecule has 3 nitrogen and oxygen atoms in total. The van der Waals surface area contributed by atoms with Crippen LogP contribution < -0.4 is 14.9 Å². The van der Waals surface area contributed by atoms with Crippen LogP contribution in [0.5, 0.6) is 11.5 Å². The van der Waals surface area contributed by atoms with Gasteiger partial charge in [-0.1, -0.05) is 18.2 Å². The van der Waals surface area contributed by atoms with Crippen molar-refractivity contribution in [1.29, 1.82) is 0 Å². The van der Waals surface area contributed by atoms with Gasteiger partial charge in [0, 0.05) is 15.8 Å². The minimum atomic E-state index is 0.0983. The van der Waals surface area contributed by atoms with E-state index in [-0.39, 0.29) is 5.43 Å². The second kappa shape index (κ2) is 6.94. The smallest absolute Gasteiger partial charge is 0.196 e. The van der Waals surface area contributed by atoms with Gasteiger partial charge in [0.05, 0.1) is 16.9 Å². The first kappa shape index (κ1) is 16.2. The van der Waals surface area contributed by atoms with E-state index in [4.69, 9.17) is 9.47 Å². The molecule has 0 unspecified atom stereocenters. The zero-order valence-corrected chi connectivity index (χ0v) is 15.3. The molecule has 0 amide bonds. The Bertz CT molecular complexity index is 1000. The summed E-state index contributed by atoms with van der Waals surface area (Å²) in [4.78, 5) is 13.0. The minimum absolute atomic E-state index is 0.0983. The molecular weight excluding hydrogens is 352 g/mol. The lowest BCUT2D eigenvalue weighted by Gasteiger charge is -2.17. The average molecular weight is 368 g/mol. The predicted molar refractivity (Wildman–Crippen MR) is 105 cm³/mol. The largest absolute Gasteiger partial charge is 0.497 e. The predicted octanol–water partition coefficient (Wildman–Crippen LogP) is 4.84. The zero-order chi connectivity index (χ0) is 17.2. The number of hydrogen-bond donors (Lipinski definition) is 0. The van der Waals surface area contributed by atoms with E-state index in [1.54, 1.807) is 30.2 Å². The zero-order valence-electron chi connectivity index (χ0n) is 13.7. The first-order valence-corrected chi connectivity index (χ1v) is 9.71. The van der Waals surface area contributed by atoms with Crippen LogP contribution in [0.15, 0.2) is 63.6 Å². The summed E-state index contributed by atoms with van der Waals surface area (Å²) in [6.45, 7) is 0.389. The van der Waals surface area contributed by atoms with Gasteiger partial charge >= 0.3 is 0 Å². The standard InChI is InChI=1S/C20H16O3S2/c1-22-14-6-8-15(9-7-14)23-12-13-10-11-24-20-18(13)19(21)16-4-2-3-5-17(16)25-20/h2-10H,11-12H2,1H3. The second-order valence-corrected chi connectivity index (χ2v) is 7.94. The minimum Gasteiger partial charge on any atom is -0.497 e. The van der Waals surface area contributed by atoms with Crippen LogP contribution in [0.3, 0.4) is 0 Å². The molecule has 126 valence electrons. The number of hydrogen-bond acceptors (Lipinski definition) is 5. The lowest BCUT2D eigenvalue weighted by atomic mass is 10.1. The van der Waals surface area contributed by atoms with E-state index in [1.807, 2.05) is 48.5 Å². The van der Waals surface area contributed by atoms with E-state index in [2.05, 4.69) is 6.08 Å². The normalized spacial score (nSPS) is 13.2. The number of thioether (sulfide) groups is 1. The van der Waals surface area contributed by atoms with Gasteiger partial charge in [0.1, 0.15) is 18.1 Å². The molecule has 0 aliphatic carbocycles. The number of benzene rings is 2. The summed E-state index contributed by atoms with van der Waals surface area (Å²) in [5.74, 6) is 2.42. The molecule has 1 aromatic heterocycles. The molecular formula is C20H16O3S2. The Kier molecular flexibility index (Phi) is 4.51. The van der Waals surface area contributed by atoms with Crippen LogP contribution >= 0.6 is 23.1 Å². The summed E-state index contributed by atoms with van der Waals surface area (Å²) in [6, 6.07) is 15.3. The van der Waals surface area contributed by atoms with Crippen LogP contribution in [0.25, 0.3) is 15.7 Å². The van der Waals surface area contributed by atoms with Crippen molar-refractivity contribution in [3.63, 3.8) is 0 Å². The fourth-order valence-electron chi connectivity index (χ4n) is 2.78. The van der Waals surface area contributed by atoms with Crippen molar-refractivity contribution < 1.29 is 9.47 Å². The van der Waals surface area contributed by atoms with Crippen molar-refractivity contribution in [2.45, 2.75) is 4.21 Å². The van der Waals surface area contributed by atoms with Gasteiger partial charge in [0.2, 0.25) is 0 Å². The molecule has 0 atom stereocenters. The number of fused-ring (bicyclic) bond motifs is 2. The van der Waals surface area contributed by atoms with Crippen molar-refractivity contribution >= 4 is 38.8 Å². The first-order valence-electron chi connectivity index (χ1n) is 7.91. The molecule has 0 N–H and O–H groups in total.